The second-order valence-corrected chi connectivity index (χ2v) is 4.96. The molecule has 1 heterocycles. The Morgan fingerprint density at radius 2 is 2.05 bits per heavy atom. The Labute approximate surface area is 114 Å². The lowest BCUT2D eigenvalue weighted by molar-refractivity contribution is -0.134. The molecule has 19 heavy (non-hydrogen) atoms. The molecule has 106 valence electrons. The second-order valence-electron chi connectivity index (χ2n) is 4.02. The number of thioether (sulfide) groups is 1. The number of hydrogen-bond acceptors (Lipinski definition) is 6. The summed E-state index contributed by atoms with van der Waals surface area (Å²) in [6.45, 7) is 1.28. The molecule has 0 aliphatic heterocycles. The summed E-state index contributed by atoms with van der Waals surface area (Å²) in [5, 5.41) is 25.7. The number of aliphatic carboxylic acids is 1. The van der Waals surface area contributed by atoms with Gasteiger partial charge in [0.15, 0.2) is 11.0 Å². The summed E-state index contributed by atoms with van der Waals surface area (Å²) in [5.74, 6) is -1.13. The van der Waals surface area contributed by atoms with Crippen molar-refractivity contribution in [2.45, 2.75) is 24.7 Å². The maximum Gasteiger partial charge on any atom is 0.313 e. The normalized spacial score (nSPS) is 12.2. The molecule has 0 saturated heterocycles. The van der Waals surface area contributed by atoms with Gasteiger partial charge in [0.25, 0.3) is 0 Å². The smallest absolute Gasteiger partial charge is 0.313 e. The van der Waals surface area contributed by atoms with Gasteiger partial charge in [0, 0.05) is 14.1 Å². The fraction of sp³-hybridized carbons (Fsp3) is 0.600. The first-order valence-corrected chi connectivity index (χ1v) is 6.47. The summed E-state index contributed by atoms with van der Waals surface area (Å²) < 4.78 is 1.45. The van der Waals surface area contributed by atoms with Crippen LogP contribution in [0.25, 0.3) is 0 Å². The molecule has 1 aromatic rings. The number of carbonyl (C=O) groups is 2. The molecule has 0 fully saturated rings. The van der Waals surface area contributed by atoms with Crippen molar-refractivity contribution in [3.8, 4) is 0 Å². The molecule has 0 spiro atoms. The Hall–Kier alpha value is -1.61. The van der Waals surface area contributed by atoms with E-state index in [4.69, 9.17) is 5.11 Å². The molecule has 1 rings (SSSR count). The number of rotatable bonds is 6. The molecule has 0 aliphatic carbocycles. The van der Waals surface area contributed by atoms with E-state index in [0.717, 1.165) is 11.8 Å². The van der Waals surface area contributed by atoms with Gasteiger partial charge in [-0.25, -0.2) is 0 Å². The van der Waals surface area contributed by atoms with Crippen LogP contribution in [0, 0.1) is 0 Å². The number of hydrogen-bond donors (Lipinski definition) is 2. The number of likely N-dealkylation sites (N-methyl/N-ethyl adjacent to an activating group) is 1. The van der Waals surface area contributed by atoms with Crippen LogP contribution in [0.3, 0.4) is 0 Å². The molecular weight excluding hydrogens is 272 g/mol. The Kier molecular flexibility index (Phi) is 5.31. The van der Waals surface area contributed by atoms with Crippen molar-refractivity contribution in [2.24, 2.45) is 0 Å². The highest BCUT2D eigenvalue weighted by Gasteiger charge is 2.24. The Bertz CT molecular complexity index is 474. The van der Waals surface area contributed by atoms with Crippen LogP contribution in [0.1, 0.15) is 18.8 Å². The molecule has 1 atom stereocenters. The molecule has 0 radical (unpaired) electrons. The van der Waals surface area contributed by atoms with Crippen molar-refractivity contribution in [2.75, 3.05) is 19.8 Å². The quantitative estimate of drug-likeness (QED) is 0.685. The van der Waals surface area contributed by atoms with Crippen LogP contribution in [0.2, 0.25) is 0 Å². The number of aliphatic hydroxyl groups is 1. The van der Waals surface area contributed by atoms with Crippen LogP contribution in [0.4, 0.5) is 0 Å². The lowest BCUT2D eigenvalue weighted by Crippen LogP contribution is -2.31. The number of amides is 1. The van der Waals surface area contributed by atoms with Crippen molar-refractivity contribution < 1.29 is 19.8 Å². The van der Waals surface area contributed by atoms with E-state index >= 15 is 0 Å². The predicted octanol–water partition coefficient (Wildman–Crippen LogP) is -0.404. The topological polar surface area (TPSA) is 109 Å². The van der Waals surface area contributed by atoms with E-state index in [-0.39, 0.29) is 24.1 Å². The van der Waals surface area contributed by atoms with Gasteiger partial charge >= 0.3 is 5.97 Å². The maximum absolute atomic E-state index is 11.9. The minimum Gasteiger partial charge on any atom is -0.481 e. The van der Waals surface area contributed by atoms with Crippen molar-refractivity contribution in [3.05, 3.63) is 5.82 Å². The average molecular weight is 288 g/mol. The molecule has 0 aromatic carbocycles. The highest BCUT2D eigenvalue weighted by molar-refractivity contribution is 7.99. The van der Waals surface area contributed by atoms with Crippen LogP contribution >= 0.6 is 11.8 Å². The lowest BCUT2D eigenvalue weighted by Gasteiger charge is -2.20. The largest absolute Gasteiger partial charge is 0.481 e. The Morgan fingerprint density at radius 1 is 1.42 bits per heavy atom. The number of carboxylic acids is 1. The SMILES string of the molecule is CC(C(=O)N(C)C)n1c(CO)nnc1SCC(=O)O. The summed E-state index contributed by atoms with van der Waals surface area (Å²) in [6, 6.07) is -0.608. The first-order chi connectivity index (χ1) is 8.88. The van der Waals surface area contributed by atoms with Crippen LogP contribution in [0.15, 0.2) is 5.16 Å². The van der Waals surface area contributed by atoms with Gasteiger partial charge in [-0.3, -0.25) is 14.2 Å². The van der Waals surface area contributed by atoms with Crippen molar-refractivity contribution >= 4 is 23.6 Å². The molecule has 2 N–H and O–H groups in total. The number of nitrogens with zero attached hydrogens (tertiary/aromatic N) is 4. The lowest BCUT2D eigenvalue weighted by atomic mass is 10.3. The van der Waals surface area contributed by atoms with Gasteiger partial charge in [0.2, 0.25) is 5.91 Å². The molecular formula is C10H16N4O4S. The number of aliphatic hydroxyl groups excluding tert-OH is 1. The fourth-order valence-corrected chi connectivity index (χ4v) is 2.27. The third kappa shape index (κ3) is 3.67. The number of carboxylic acid groups (broad SMARTS) is 1. The molecule has 1 amide bonds. The Morgan fingerprint density at radius 3 is 2.53 bits per heavy atom. The van der Waals surface area contributed by atoms with Crippen LogP contribution in [-0.2, 0) is 16.2 Å². The van der Waals surface area contributed by atoms with E-state index in [1.807, 2.05) is 0 Å². The minimum atomic E-state index is -0.989. The predicted molar refractivity (Wildman–Crippen MR) is 67.7 cm³/mol. The minimum absolute atomic E-state index is 0.188. The highest BCUT2D eigenvalue weighted by Crippen LogP contribution is 2.22. The van der Waals surface area contributed by atoms with Crippen molar-refractivity contribution in [3.63, 3.8) is 0 Å². The van der Waals surface area contributed by atoms with Crippen LogP contribution in [-0.4, -0.2) is 61.6 Å². The number of carbonyl (C=O) groups excluding carboxylic acids is 1. The second kappa shape index (κ2) is 6.53. The first kappa shape index (κ1) is 15.4. The maximum atomic E-state index is 11.9. The van der Waals surface area contributed by atoms with E-state index in [2.05, 4.69) is 10.2 Å². The molecule has 0 saturated carbocycles. The summed E-state index contributed by atoms with van der Waals surface area (Å²) in [6.07, 6.45) is 0. The third-order valence-corrected chi connectivity index (χ3v) is 3.31. The molecule has 1 aromatic heterocycles. The van der Waals surface area contributed by atoms with Crippen LogP contribution in [0.5, 0.6) is 0 Å². The zero-order chi connectivity index (χ0) is 14.6. The average Bonchev–Trinajstić information content (AvgIpc) is 2.77. The molecule has 0 aliphatic rings. The van der Waals surface area contributed by atoms with E-state index in [1.165, 1.54) is 9.47 Å². The van der Waals surface area contributed by atoms with E-state index in [9.17, 15) is 14.7 Å². The Balaban J connectivity index is 3.04. The first-order valence-electron chi connectivity index (χ1n) is 5.48. The molecule has 1 unspecified atom stereocenters. The molecule has 8 nitrogen and oxygen atoms in total. The van der Waals surface area contributed by atoms with Gasteiger partial charge in [-0.2, -0.15) is 0 Å². The summed E-state index contributed by atoms with van der Waals surface area (Å²) in [5.41, 5.74) is 0. The monoisotopic (exact) mass is 288 g/mol. The summed E-state index contributed by atoms with van der Waals surface area (Å²) in [7, 11) is 3.23. The third-order valence-electron chi connectivity index (χ3n) is 2.39. The zero-order valence-electron chi connectivity index (χ0n) is 10.9. The van der Waals surface area contributed by atoms with Gasteiger partial charge < -0.3 is 15.1 Å². The van der Waals surface area contributed by atoms with Gasteiger partial charge in [-0.05, 0) is 6.92 Å². The van der Waals surface area contributed by atoms with Gasteiger partial charge in [-0.15, -0.1) is 10.2 Å². The fourth-order valence-electron chi connectivity index (χ4n) is 1.51. The molecule has 9 heteroatoms. The summed E-state index contributed by atoms with van der Waals surface area (Å²) in [4.78, 5) is 23.9. The number of aromatic nitrogens is 3. The zero-order valence-corrected chi connectivity index (χ0v) is 11.7. The summed E-state index contributed by atoms with van der Waals surface area (Å²) >= 11 is 0.957. The van der Waals surface area contributed by atoms with E-state index in [1.54, 1.807) is 21.0 Å². The standard InChI is InChI=1S/C10H16N4O4S/c1-6(9(18)13(2)3)14-7(4-15)11-12-10(14)19-5-8(16)17/h6,15H,4-5H2,1-3H3,(H,16,17). The van der Waals surface area contributed by atoms with Crippen molar-refractivity contribution in [1.29, 1.82) is 0 Å². The molecule has 0 bridgehead atoms. The van der Waals surface area contributed by atoms with Crippen LogP contribution < -0.4 is 0 Å². The van der Waals surface area contributed by atoms with E-state index in [0.29, 0.717) is 5.16 Å². The van der Waals surface area contributed by atoms with Gasteiger partial charge in [0.05, 0.1) is 5.75 Å². The highest BCUT2D eigenvalue weighted by atomic mass is 32.2. The van der Waals surface area contributed by atoms with E-state index < -0.39 is 12.0 Å². The van der Waals surface area contributed by atoms with Gasteiger partial charge in [0.1, 0.15) is 12.6 Å². The van der Waals surface area contributed by atoms with Gasteiger partial charge in [-0.1, -0.05) is 11.8 Å². The van der Waals surface area contributed by atoms with Crippen molar-refractivity contribution in [1.82, 2.24) is 19.7 Å².